The number of nitrogens with zero attached hydrogens (tertiary/aromatic N) is 2. The van der Waals surface area contributed by atoms with Crippen molar-refractivity contribution < 1.29 is 0 Å². The fourth-order valence-electron chi connectivity index (χ4n) is 2.96. The zero-order valence-electron chi connectivity index (χ0n) is 15.2. The first-order valence-corrected chi connectivity index (χ1v) is 8.89. The normalized spacial score (nSPS) is 11.2. The van der Waals surface area contributed by atoms with Crippen molar-refractivity contribution in [2.45, 2.75) is 26.7 Å². The molecule has 0 fully saturated rings. The molecule has 4 nitrogen and oxygen atoms in total. The molecule has 0 spiro atoms. The standard InChI is InChI=1S/C22H22N4/c1-14(2)16-8-10-18(11-9-16)24-22-20-19(12-13-23-22)25-21(26-20)17-6-4-15(3)5-7-17/h4-14H,1-3H3,(H,23,24)(H,25,26). The second-order valence-electron chi connectivity index (χ2n) is 6.91. The molecule has 0 saturated heterocycles. The van der Waals surface area contributed by atoms with Crippen molar-refractivity contribution in [3.63, 3.8) is 0 Å². The SMILES string of the molecule is Cc1ccc(-c2nc3c(Nc4ccc(C(C)C)cc4)nccc3[nH]2)cc1. The van der Waals surface area contributed by atoms with E-state index in [4.69, 9.17) is 4.98 Å². The van der Waals surface area contributed by atoms with Crippen LogP contribution in [0.5, 0.6) is 0 Å². The molecule has 0 unspecified atom stereocenters. The van der Waals surface area contributed by atoms with E-state index in [9.17, 15) is 0 Å². The van der Waals surface area contributed by atoms with Crippen LogP contribution in [0.15, 0.2) is 60.8 Å². The van der Waals surface area contributed by atoms with Crippen LogP contribution in [0.25, 0.3) is 22.4 Å². The van der Waals surface area contributed by atoms with Crippen molar-refractivity contribution in [3.05, 3.63) is 71.9 Å². The predicted octanol–water partition coefficient (Wildman–Crippen LogP) is 5.80. The van der Waals surface area contributed by atoms with Crippen molar-refractivity contribution in [3.8, 4) is 11.4 Å². The molecule has 2 aromatic carbocycles. The number of nitrogens with one attached hydrogen (secondary N) is 2. The van der Waals surface area contributed by atoms with Crippen LogP contribution in [0.2, 0.25) is 0 Å². The summed E-state index contributed by atoms with van der Waals surface area (Å²) < 4.78 is 0. The Morgan fingerprint density at radius 3 is 2.35 bits per heavy atom. The molecule has 0 bridgehead atoms. The monoisotopic (exact) mass is 342 g/mol. The van der Waals surface area contributed by atoms with Crippen LogP contribution >= 0.6 is 0 Å². The van der Waals surface area contributed by atoms with Gasteiger partial charge in [0, 0.05) is 17.4 Å². The minimum absolute atomic E-state index is 0.522. The molecular formula is C22H22N4. The van der Waals surface area contributed by atoms with E-state index in [1.165, 1.54) is 11.1 Å². The second kappa shape index (κ2) is 6.64. The number of rotatable bonds is 4. The summed E-state index contributed by atoms with van der Waals surface area (Å²) in [6.45, 7) is 6.47. The number of H-pyrrole nitrogens is 1. The Morgan fingerprint density at radius 2 is 1.65 bits per heavy atom. The van der Waals surface area contributed by atoms with Gasteiger partial charge in [-0.25, -0.2) is 9.97 Å². The van der Waals surface area contributed by atoms with E-state index in [0.29, 0.717) is 5.92 Å². The van der Waals surface area contributed by atoms with Gasteiger partial charge in [-0.15, -0.1) is 0 Å². The van der Waals surface area contributed by atoms with Gasteiger partial charge in [-0.1, -0.05) is 55.8 Å². The fraction of sp³-hybridized carbons (Fsp3) is 0.182. The van der Waals surface area contributed by atoms with E-state index in [1.807, 2.05) is 6.07 Å². The van der Waals surface area contributed by atoms with Gasteiger partial charge in [0.2, 0.25) is 0 Å². The van der Waals surface area contributed by atoms with Gasteiger partial charge in [0.15, 0.2) is 5.82 Å². The van der Waals surface area contributed by atoms with Crippen LogP contribution in [-0.2, 0) is 0 Å². The number of imidazole rings is 1. The molecule has 0 aliphatic carbocycles. The lowest BCUT2D eigenvalue weighted by atomic mass is 10.0. The van der Waals surface area contributed by atoms with Gasteiger partial charge in [0.05, 0.1) is 5.52 Å². The van der Waals surface area contributed by atoms with Crippen molar-refractivity contribution in [2.24, 2.45) is 0 Å². The Labute approximate surface area is 153 Å². The molecule has 0 aliphatic rings. The van der Waals surface area contributed by atoms with E-state index in [-0.39, 0.29) is 0 Å². The highest BCUT2D eigenvalue weighted by molar-refractivity contribution is 5.89. The Balaban J connectivity index is 1.68. The zero-order chi connectivity index (χ0) is 18.1. The highest BCUT2D eigenvalue weighted by Crippen LogP contribution is 2.27. The average Bonchev–Trinajstić information content (AvgIpc) is 3.08. The minimum atomic E-state index is 0.522. The molecule has 4 aromatic rings. The van der Waals surface area contributed by atoms with Gasteiger partial charge in [-0.2, -0.15) is 0 Å². The predicted molar refractivity (Wildman–Crippen MR) is 108 cm³/mol. The molecule has 4 rings (SSSR count). The molecule has 130 valence electrons. The van der Waals surface area contributed by atoms with Crippen LogP contribution in [-0.4, -0.2) is 15.0 Å². The summed E-state index contributed by atoms with van der Waals surface area (Å²) in [5, 5.41) is 3.39. The van der Waals surface area contributed by atoms with Gasteiger partial charge in [-0.05, 0) is 36.6 Å². The van der Waals surface area contributed by atoms with Gasteiger partial charge in [-0.3, -0.25) is 0 Å². The van der Waals surface area contributed by atoms with Crippen molar-refractivity contribution in [2.75, 3.05) is 5.32 Å². The molecule has 0 radical (unpaired) electrons. The number of hydrogen-bond donors (Lipinski definition) is 2. The molecule has 0 atom stereocenters. The average molecular weight is 342 g/mol. The van der Waals surface area contributed by atoms with E-state index in [1.54, 1.807) is 6.20 Å². The third-order valence-electron chi connectivity index (χ3n) is 4.57. The molecule has 0 amide bonds. The highest BCUT2D eigenvalue weighted by Gasteiger charge is 2.10. The second-order valence-corrected chi connectivity index (χ2v) is 6.91. The molecule has 2 aromatic heterocycles. The lowest BCUT2D eigenvalue weighted by Crippen LogP contribution is -1.95. The first-order chi connectivity index (χ1) is 12.6. The smallest absolute Gasteiger partial charge is 0.158 e. The van der Waals surface area contributed by atoms with Gasteiger partial charge >= 0.3 is 0 Å². The maximum Gasteiger partial charge on any atom is 0.158 e. The van der Waals surface area contributed by atoms with E-state index < -0.39 is 0 Å². The Morgan fingerprint density at radius 1 is 0.923 bits per heavy atom. The number of aromatic amines is 1. The third kappa shape index (κ3) is 3.18. The number of pyridine rings is 1. The summed E-state index contributed by atoms with van der Waals surface area (Å²) in [6.07, 6.45) is 1.80. The Hall–Kier alpha value is -3.14. The molecule has 2 N–H and O–H groups in total. The minimum Gasteiger partial charge on any atom is -0.338 e. The quantitative estimate of drug-likeness (QED) is 0.493. The topological polar surface area (TPSA) is 53.6 Å². The number of aryl methyl sites for hydroxylation is 1. The lowest BCUT2D eigenvalue weighted by Gasteiger charge is -2.09. The maximum atomic E-state index is 4.77. The lowest BCUT2D eigenvalue weighted by molar-refractivity contribution is 0.867. The third-order valence-corrected chi connectivity index (χ3v) is 4.57. The number of hydrogen-bond acceptors (Lipinski definition) is 3. The first-order valence-electron chi connectivity index (χ1n) is 8.89. The van der Waals surface area contributed by atoms with Crippen molar-refractivity contribution in [1.29, 1.82) is 0 Å². The Kier molecular flexibility index (Phi) is 4.17. The number of aromatic nitrogens is 3. The summed E-state index contributed by atoms with van der Waals surface area (Å²) >= 11 is 0. The summed E-state index contributed by atoms with van der Waals surface area (Å²) in [5.74, 6) is 2.13. The van der Waals surface area contributed by atoms with Crippen LogP contribution in [0.4, 0.5) is 11.5 Å². The van der Waals surface area contributed by atoms with Gasteiger partial charge in [0.1, 0.15) is 11.3 Å². The highest BCUT2D eigenvalue weighted by atomic mass is 15.0. The molecule has 0 aliphatic heterocycles. The number of anilines is 2. The van der Waals surface area contributed by atoms with Crippen LogP contribution in [0.1, 0.15) is 30.9 Å². The molecule has 4 heteroatoms. The van der Waals surface area contributed by atoms with Gasteiger partial charge < -0.3 is 10.3 Å². The summed E-state index contributed by atoms with van der Waals surface area (Å²) in [4.78, 5) is 12.7. The summed E-state index contributed by atoms with van der Waals surface area (Å²) in [5.41, 5.74) is 6.45. The molecule has 0 saturated carbocycles. The Bertz CT molecular complexity index is 1030. The van der Waals surface area contributed by atoms with Gasteiger partial charge in [0.25, 0.3) is 0 Å². The fourth-order valence-corrected chi connectivity index (χ4v) is 2.96. The number of benzene rings is 2. The largest absolute Gasteiger partial charge is 0.338 e. The van der Waals surface area contributed by atoms with E-state index >= 15 is 0 Å². The summed E-state index contributed by atoms with van der Waals surface area (Å²) in [6, 6.07) is 18.8. The molecule has 26 heavy (non-hydrogen) atoms. The maximum absolute atomic E-state index is 4.77. The first kappa shape index (κ1) is 16.3. The van der Waals surface area contributed by atoms with E-state index in [2.05, 4.69) is 84.6 Å². The molecule has 2 heterocycles. The molecular weight excluding hydrogens is 320 g/mol. The van der Waals surface area contributed by atoms with Crippen LogP contribution < -0.4 is 5.32 Å². The number of fused-ring (bicyclic) bond motifs is 1. The van der Waals surface area contributed by atoms with E-state index in [0.717, 1.165) is 33.9 Å². The van der Waals surface area contributed by atoms with Crippen molar-refractivity contribution in [1.82, 2.24) is 15.0 Å². The van der Waals surface area contributed by atoms with Crippen LogP contribution in [0.3, 0.4) is 0 Å². The summed E-state index contributed by atoms with van der Waals surface area (Å²) in [7, 11) is 0. The van der Waals surface area contributed by atoms with Crippen LogP contribution in [0, 0.1) is 6.92 Å². The van der Waals surface area contributed by atoms with Crippen molar-refractivity contribution >= 4 is 22.5 Å². The zero-order valence-corrected chi connectivity index (χ0v) is 15.2.